The van der Waals surface area contributed by atoms with Crippen molar-refractivity contribution in [3.63, 3.8) is 0 Å². The number of anilines is 6. The van der Waals surface area contributed by atoms with Gasteiger partial charge in [0.2, 0.25) is 0 Å². The van der Waals surface area contributed by atoms with Crippen molar-refractivity contribution < 1.29 is 0 Å². The van der Waals surface area contributed by atoms with E-state index in [9.17, 15) is 0 Å². The molecule has 0 aliphatic carbocycles. The van der Waals surface area contributed by atoms with E-state index in [1.165, 1.54) is 66.1 Å². The Morgan fingerprint density at radius 3 is 0.764 bits per heavy atom. The summed E-state index contributed by atoms with van der Waals surface area (Å²) >= 11 is 0. The third kappa shape index (κ3) is 9.09. The molecule has 340 valence electrons. The van der Waals surface area contributed by atoms with Crippen LogP contribution in [-0.4, -0.2) is 0 Å². The quantitative estimate of drug-likeness (QED) is 0.113. The van der Waals surface area contributed by atoms with Gasteiger partial charge in [-0.15, -0.1) is 0 Å². The molecule has 0 bridgehead atoms. The Bertz CT molecular complexity index is 3520. The van der Waals surface area contributed by atoms with Gasteiger partial charge in [-0.2, -0.15) is 0 Å². The summed E-state index contributed by atoms with van der Waals surface area (Å²) in [5.41, 5.74) is 18.6. The smallest absolute Gasteiger partial charge is 0.0540 e. The lowest BCUT2D eigenvalue weighted by Crippen LogP contribution is -2.10. The van der Waals surface area contributed by atoms with E-state index >= 15 is 0 Å². The van der Waals surface area contributed by atoms with E-state index in [4.69, 9.17) is 0 Å². The first-order valence-corrected chi connectivity index (χ1v) is 24.6. The molecule has 12 aromatic carbocycles. The van der Waals surface area contributed by atoms with Crippen LogP contribution >= 0.6 is 0 Å². The van der Waals surface area contributed by atoms with Gasteiger partial charge in [0.1, 0.15) is 0 Å². The number of benzene rings is 12. The third-order valence-electron chi connectivity index (χ3n) is 13.7. The Hall–Kier alpha value is -9.50. The molecule has 0 radical (unpaired) electrons. The van der Waals surface area contributed by atoms with Crippen LogP contribution in [0.5, 0.6) is 0 Å². The molecule has 0 aliphatic rings. The van der Waals surface area contributed by atoms with E-state index in [0.717, 1.165) is 45.3 Å². The normalized spacial score (nSPS) is 11.3. The van der Waals surface area contributed by atoms with Crippen LogP contribution in [0.15, 0.2) is 291 Å². The number of hydrogen-bond donors (Lipinski definition) is 0. The average Bonchev–Trinajstić information content (AvgIpc) is 3.46. The summed E-state index contributed by atoms with van der Waals surface area (Å²) in [5, 5.41) is 4.86. The topological polar surface area (TPSA) is 6.48 Å². The highest BCUT2D eigenvalue weighted by Crippen LogP contribution is 2.42. The molecule has 0 fully saturated rings. The van der Waals surface area contributed by atoms with Gasteiger partial charge < -0.3 is 9.80 Å². The van der Waals surface area contributed by atoms with E-state index < -0.39 is 0 Å². The fraction of sp³-hybridized carbons (Fsp3) is 0. The van der Waals surface area contributed by atoms with Gasteiger partial charge in [-0.3, -0.25) is 0 Å². The monoisotopic (exact) mass is 918 g/mol. The molecule has 0 saturated heterocycles. The van der Waals surface area contributed by atoms with Crippen molar-refractivity contribution >= 4 is 67.8 Å². The van der Waals surface area contributed by atoms with Gasteiger partial charge in [0.05, 0.1) is 11.4 Å². The summed E-state index contributed by atoms with van der Waals surface area (Å²) in [4.78, 5) is 4.73. The molecule has 0 N–H and O–H groups in total. The summed E-state index contributed by atoms with van der Waals surface area (Å²) in [7, 11) is 0. The van der Waals surface area contributed by atoms with Gasteiger partial charge in [-0.1, -0.05) is 243 Å². The van der Waals surface area contributed by atoms with Gasteiger partial charge in [0.15, 0.2) is 0 Å². The van der Waals surface area contributed by atoms with Crippen molar-refractivity contribution in [3.8, 4) is 44.5 Å². The predicted octanol–water partition coefficient (Wildman–Crippen LogP) is 19.8. The highest BCUT2D eigenvalue weighted by molar-refractivity contribution is 6.00. The lowest BCUT2D eigenvalue weighted by Gasteiger charge is -2.27. The SMILES string of the molecule is C(=Cc1ccc(-c2ccc(N(c3ccc(-c4ccccc4)cc3)c3cccc4ccccc34)cc2)cc1)c1ccc(-c2ccc(N(c3ccc(-c4ccccc4)cc3)c3cccc4ccccc34)cc2)cc1. The maximum absolute atomic E-state index is 2.37. The van der Waals surface area contributed by atoms with E-state index in [0.29, 0.717) is 0 Å². The van der Waals surface area contributed by atoms with Crippen molar-refractivity contribution in [3.05, 3.63) is 302 Å². The Morgan fingerprint density at radius 1 is 0.194 bits per heavy atom. The zero-order valence-electron chi connectivity index (χ0n) is 39.8. The molecule has 0 aliphatic heterocycles. The van der Waals surface area contributed by atoms with Gasteiger partial charge >= 0.3 is 0 Å². The second-order valence-electron chi connectivity index (χ2n) is 18.2. The molecule has 0 aromatic heterocycles. The van der Waals surface area contributed by atoms with Crippen LogP contribution < -0.4 is 9.80 Å². The molecule has 12 rings (SSSR count). The Kier molecular flexibility index (Phi) is 12.1. The van der Waals surface area contributed by atoms with Crippen molar-refractivity contribution in [2.45, 2.75) is 0 Å². The van der Waals surface area contributed by atoms with E-state index in [-0.39, 0.29) is 0 Å². The molecule has 72 heavy (non-hydrogen) atoms. The highest BCUT2D eigenvalue weighted by Gasteiger charge is 2.18. The molecule has 0 amide bonds. The molecule has 12 aromatic rings. The van der Waals surface area contributed by atoms with Crippen molar-refractivity contribution in [1.82, 2.24) is 0 Å². The summed E-state index contributed by atoms with van der Waals surface area (Å²) in [6.07, 6.45) is 4.38. The Labute approximate surface area is 422 Å². The first kappa shape index (κ1) is 43.8. The predicted molar refractivity (Wildman–Crippen MR) is 308 cm³/mol. The second kappa shape index (κ2) is 19.8. The molecular formula is C70H50N2. The minimum absolute atomic E-state index is 1.11. The molecule has 0 heterocycles. The van der Waals surface area contributed by atoms with Crippen LogP contribution in [0.2, 0.25) is 0 Å². The van der Waals surface area contributed by atoms with Crippen LogP contribution in [-0.2, 0) is 0 Å². The molecule has 0 unspecified atom stereocenters. The first-order valence-electron chi connectivity index (χ1n) is 24.6. The summed E-state index contributed by atoms with van der Waals surface area (Å²) in [5.74, 6) is 0. The number of fused-ring (bicyclic) bond motifs is 2. The molecular weight excluding hydrogens is 869 g/mol. The van der Waals surface area contributed by atoms with E-state index in [1.54, 1.807) is 0 Å². The zero-order chi connectivity index (χ0) is 48.1. The lowest BCUT2D eigenvalue weighted by molar-refractivity contribution is 1.30. The first-order chi connectivity index (χ1) is 35.7. The van der Waals surface area contributed by atoms with Gasteiger partial charge in [-0.05, 0) is 127 Å². The fourth-order valence-electron chi connectivity index (χ4n) is 9.90. The maximum Gasteiger partial charge on any atom is 0.0540 e. The second-order valence-corrected chi connectivity index (χ2v) is 18.2. The minimum atomic E-state index is 1.11. The molecule has 2 nitrogen and oxygen atoms in total. The number of nitrogens with zero attached hydrogens (tertiary/aromatic N) is 2. The van der Waals surface area contributed by atoms with Crippen LogP contribution in [0.4, 0.5) is 34.1 Å². The zero-order valence-corrected chi connectivity index (χ0v) is 39.8. The third-order valence-corrected chi connectivity index (χ3v) is 13.7. The molecule has 0 spiro atoms. The number of rotatable bonds is 12. The lowest BCUT2D eigenvalue weighted by atomic mass is 10.0. The largest absolute Gasteiger partial charge is 0.310 e. The van der Waals surface area contributed by atoms with Gasteiger partial charge in [-0.25, -0.2) is 0 Å². The fourth-order valence-corrected chi connectivity index (χ4v) is 9.90. The highest BCUT2D eigenvalue weighted by atomic mass is 15.1. The summed E-state index contributed by atoms with van der Waals surface area (Å²) < 4.78 is 0. The van der Waals surface area contributed by atoms with Crippen LogP contribution in [0.3, 0.4) is 0 Å². The summed E-state index contributed by atoms with van der Waals surface area (Å²) in [6, 6.07) is 105. The average molecular weight is 919 g/mol. The van der Waals surface area contributed by atoms with Gasteiger partial charge in [0.25, 0.3) is 0 Å². The standard InChI is InChI=1S/C70H50N2/c1-3-13-53(14-4-1)57-35-43-63(44-36-57)71(69-23-11-19-61-17-7-9-21-67(61)69)65-47-39-59(40-48-65)55-31-27-51(28-32-55)25-26-52-29-33-56(34-30-52)60-41-49-66(50-42-60)72(70-24-12-20-62-18-8-10-22-68(62)70)64-45-37-58(38-46-64)54-15-5-2-6-16-54/h1-50H. The Morgan fingerprint density at radius 2 is 0.444 bits per heavy atom. The summed E-state index contributed by atoms with van der Waals surface area (Å²) in [6.45, 7) is 0. The van der Waals surface area contributed by atoms with E-state index in [1.807, 2.05) is 0 Å². The van der Waals surface area contributed by atoms with Crippen molar-refractivity contribution in [2.75, 3.05) is 9.80 Å². The molecule has 0 saturated carbocycles. The molecule has 0 atom stereocenters. The van der Waals surface area contributed by atoms with Crippen LogP contribution in [0, 0.1) is 0 Å². The van der Waals surface area contributed by atoms with Crippen molar-refractivity contribution in [1.29, 1.82) is 0 Å². The van der Waals surface area contributed by atoms with Crippen LogP contribution in [0.1, 0.15) is 11.1 Å². The van der Waals surface area contributed by atoms with Crippen LogP contribution in [0.25, 0.3) is 78.2 Å². The minimum Gasteiger partial charge on any atom is -0.310 e. The number of hydrogen-bond acceptors (Lipinski definition) is 2. The van der Waals surface area contributed by atoms with Crippen molar-refractivity contribution in [2.24, 2.45) is 0 Å². The van der Waals surface area contributed by atoms with E-state index in [2.05, 4.69) is 313 Å². The van der Waals surface area contributed by atoms with Gasteiger partial charge in [0, 0.05) is 33.5 Å². The molecule has 2 heteroatoms. The Balaban J connectivity index is 0.752. The maximum atomic E-state index is 2.37.